The van der Waals surface area contributed by atoms with Crippen molar-refractivity contribution >= 4 is 12.0 Å². The van der Waals surface area contributed by atoms with Crippen molar-refractivity contribution in [2.45, 2.75) is 31.7 Å². The topological polar surface area (TPSA) is 20.3 Å². The molecule has 1 saturated carbocycles. The van der Waals surface area contributed by atoms with Crippen molar-refractivity contribution < 1.29 is 9.18 Å². The number of nitrogens with zero attached hydrogens (tertiary/aromatic N) is 1. The fourth-order valence-corrected chi connectivity index (χ4v) is 2.47. The average Bonchev–Trinajstić information content (AvgIpc) is 2.81. The molecule has 0 amide bonds. The van der Waals surface area contributed by atoms with Gasteiger partial charge in [0.25, 0.3) is 0 Å². The van der Waals surface area contributed by atoms with Gasteiger partial charge in [0, 0.05) is 18.7 Å². The molecule has 2 rings (SSSR count). The molecular weight excluding hydrogens is 205 g/mol. The maximum atomic E-state index is 13.7. The van der Waals surface area contributed by atoms with Gasteiger partial charge in [0.1, 0.15) is 5.82 Å². The number of anilines is 1. The molecule has 86 valence electrons. The standard InChI is InChI=1S/C13H16FNO/c1-15(11-6-2-3-7-11)13-10(9-16)5-4-8-12(13)14/h4-5,8-9,11H,2-3,6-7H2,1H3. The molecule has 0 saturated heterocycles. The second-order valence-electron chi connectivity index (χ2n) is 4.34. The van der Waals surface area contributed by atoms with Crippen LogP contribution in [-0.4, -0.2) is 19.4 Å². The van der Waals surface area contributed by atoms with Crippen LogP contribution in [0, 0.1) is 5.82 Å². The zero-order chi connectivity index (χ0) is 11.5. The first kappa shape index (κ1) is 11.1. The molecule has 0 spiro atoms. The van der Waals surface area contributed by atoms with Gasteiger partial charge in [-0.15, -0.1) is 0 Å². The van der Waals surface area contributed by atoms with Gasteiger partial charge < -0.3 is 4.90 Å². The maximum absolute atomic E-state index is 13.7. The summed E-state index contributed by atoms with van der Waals surface area (Å²) in [6, 6.07) is 5.02. The minimum Gasteiger partial charge on any atom is -0.369 e. The highest BCUT2D eigenvalue weighted by Gasteiger charge is 2.23. The first-order valence-corrected chi connectivity index (χ1v) is 5.70. The Hall–Kier alpha value is -1.38. The highest BCUT2D eigenvalue weighted by Crippen LogP contribution is 2.30. The Balaban J connectivity index is 2.33. The lowest BCUT2D eigenvalue weighted by Crippen LogP contribution is -2.30. The molecule has 0 N–H and O–H groups in total. The van der Waals surface area contributed by atoms with E-state index in [4.69, 9.17) is 0 Å². The zero-order valence-corrected chi connectivity index (χ0v) is 9.45. The minimum absolute atomic E-state index is 0.306. The first-order valence-electron chi connectivity index (χ1n) is 5.70. The van der Waals surface area contributed by atoms with Gasteiger partial charge in [-0.2, -0.15) is 0 Å². The number of carbonyl (C=O) groups is 1. The number of halogens is 1. The van der Waals surface area contributed by atoms with E-state index in [1.807, 2.05) is 11.9 Å². The lowest BCUT2D eigenvalue weighted by atomic mass is 10.1. The predicted molar refractivity (Wildman–Crippen MR) is 62.4 cm³/mol. The van der Waals surface area contributed by atoms with E-state index in [0.29, 0.717) is 17.3 Å². The monoisotopic (exact) mass is 221 g/mol. The summed E-state index contributed by atoms with van der Waals surface area (Å²) in [6.07, 6.45) is 5.29. The third-order valence-electron chi connectivity index (χ3n) is 3.37. The molecule has 0 atom stereocenters. The van der Waals surface area contributed by atoms with E-state index in [0.717, 1.165) is 19.1 Å². The third kappa shape index (κ3) is 1.94. The van der Waals surface area contributed by atoms with Gasteiger partial charge >= 0.3 is 0 Å². The van der Waals surface area contributed by atoms with Crippen LogP contribution in [0.4, 0.5) is 10.1 Å². The van der Waals surface area contributed by atoms with Crippen molar-refractivity contribution in [3.8, 4) is 0 Å². The largest absolute Gasteiger partial charge is 0.369 e. The summed E-state index contributed by atoms with van der Waals surface area (Å²) in [4.78, 5) is 12.8. The normalized spacial score (nSPS) is 16.4. The summed E-state index contributed by atoms with van der Waals surface area (Å²) in [5.74, 6) is -0.306. The number of carbonyl (C=O) groups excluding carboxylic acids is 1. The van der Waals surface area contributed by atoms with Crippen LogP contribution in [0.5, 0.6) is 0 Å². The van der Waals surface area contributed by atoms with Crippen molar-refractivity contribution in [3.63, 3.8) is 0 Å². The molecule has 0 heterocycles. The molecular formula is C13H16FNO. The molecule has 16 heavy (non-hydrogen) atoms. The summed E-state index contributed by atoms with van der Waals surface area (Å²) in [6.45, 7) is 0. The van der Waals surface area contributed by atoms with Crippen LogP contribution >= 0.6 is 0 Å². The number of rotatable bonds is 3. The van der Waals surface area contributed by atoms with Crippen LogP contribution < -0.4 is 4.90 Å². The van der Waals surface area contributed by atoms with E-state index in [1.54, 1.807) is 12.1 Å². The zero-order valence-electron chi connectivity index (χ0n) is 9.45. The number of hydrogen-bond donors (Lipinski definition) is 0. The number of para-hydroxylation sites is 1. The van der Waals surface area contributed by atoms with Crippen LogP contribution in [0.3, 0.4) is 0 Å². The molecule has 3 heteroatoms. The lowest BCUT2D eigenvalue weighted by molar-refractivity contribution is 0.112. The first-order chi connectivity index (χ1) is 7.74. The van der Waals surface area contributed by atoms with Crippen LogP contribution in [0.15, 0.2) is 18.2 Å². The van der Waals surface area contributed by atoms with Crippen LogP contribution in [0.2, 0.25) is 0 Å². The van der Waals surface area contributed by atoms with E-state index in [1.165, 1.54) is 18.9 Å². The minimum atomic E-state index is -0.306. The number of hydrogen-bond acceptors (Lipinski definition) is 2. The number of benzene rings is 1. The second kappa shape index (κ2) is 4.64. The van der Waals surface area contributed by atoms with Crippen molar-refractivity contribution in [2.24, 2.45) is 0 Å². The predicted octanol–water partition coefficient (Wildman–Crippen LogP) is 3.02. The van der Waals surface area contributed by atoms with Gasteiger partial charge in [0.15, 0.2) is 6.29 Å². The SMILES string of the molecule is CN(c1c(F)cccc1C=O)C1CCCC1. The van der Waals surface area contributed by atoms with Crippen molar-refractivity contribution in [1.29, 1.82) is 0 Å². The van der Waals surface area contributed by atoms with Gasteiger partial charge in [-0.1, -0.05) is 18.9 Å². The lowest BCUT2D eigenvalue weighted by Gasteiger charge is -2.27. The summed E-state index contributed by atoms with van der Waals surface area (Å²) < 4.78 is 13.7. The Labute approximate surface area is 95.1 Å². The van der Waals surface area contributed by atoms with E-state index >= 15 is 0 Å². The Bertz CT molecular complexity index is 386. The molecule has 1 aliphatic carbocycles. The summed E-state index contributed by atoms with van der Waals surface area (Å²) in [5.41, 5.74) is 0.888. The molecule has 0 bridgehead atoms. The molecule has 1 aliphatic rings. The van der Waals surface area contributed by atoms with Gasteiger partial charge in [-0.05, 0) is 25.0 Å². The fourth-order valence-electron chi connectivity index (χ4n) is 2.47. The Morgan fingerprint density at radius 2 is 2.06 bits per heavy atom. The molecule has 1 aromatic rings. The van der Waals surface area contributed by atoms with E-state index in [-0.39, 0.29) is 5.82 Å². The molecule has 1 aromatic carbocycles. The van der Waals surface area contributed by atoms with Crippen LogP contribution in [0.25, 0.3) is 0 Å². The Morgan fingerprint density at radius 1 is 1.38 bits per heavy atom. The van der Waals surface area contributed by atoms with Crippen molar-refractivity contribution in [2.75, 3.05) is 11.9 Å². The van der Waals surface area contributed by atoms with Crippen LogP contribution in [0.1, 0.15) is 36.0 Å². The van der Waals surface area contributed by atoms with Gasteiger partial charge in [-0.3, -0.25) is 4.79 Å². The van der Waals surface area contributed by atoms with Gasteiger partial charge in [-0.25, -0.2) is 4.39 Å². The van der Waals surface area contributed by atoms with E-state index in [9.17, 15) is 9.18 Å². The molecule has 2 nitrogen and oxygen atoms in total. The smallest absolute Gasteiger partial charge is 0.152 e. The van der Waals surface area contributed by atoms with Crippen LogP contribution in [-0.2, 0) is 0 Å². The van der Waals surface area contributed by atoms with Gasteiger partial charge in [0.2, 0.25) is 0 Å². The molecule has 1 fully saturated rings. The summed E-state index contributed by atoms with van der Waals surface area (Å²) >= 11 is 0. The summed E-state index contributed by atoms with van der Waals surface area (Å²) in [5, 5.41) is 0. The summed E-state index contributed by atoms with van der Waals surface area (Å²) in [7, 11) is 1.88. The average molecular weight is 221 g/mol. The van der Waals surface area contributed by atoms with E-state index < -0.39 is 0 Å². The van der Waals surface area contributed by atoms with Crippen molar-refractivity contribution in [3.05, 3.63) is 29.6 Å². The molecule has 0 unspecified atom stereocenters. The fraction of sp³-hybridized carbons (Fsp3) is 0.462. The molecule has 0 radical (unpaired) electrons. The van der Waals surface area contributed by atoms with Gasteiger partial charge in [0.05, 0.1) is 5.69 Å². The van der Waals surface area contributed by atoms with Crippen molar-refractivity contribution in [1.82, 2.24) is 0 Å². The maximum Gasteiger partial charge on any atom is 0.152 e. The van der Waals surface area contributed by atoms with E-state index in [2.05, 4.69) is 0 Å². The highest BCUT2D eigenvalue weighted by atomic mass is 19.1. The quantitative estimate of drug-likeness (QED) is 0.731. The molecule has 0 aliphatic heterocycles. The Kier molecular flexibility index (Phi) is 3.22. The number of aldehydes is 1. The molecule has 0 aromatic heterocycles. The highest BCUT2D eigenvalue weighted by molar-refractivity contribution is 5.84. The Morgan fingerprint density at radius 3 is 2.69 bits per heavy atom. The third-order valence-corrected chi connectivity index (χ3v) is 3.37. The second-order valence-corrected chi connectivity index (χ2v) is 4.34.